The zero-order valence-corrected chi connectivity index (χ0v) is 12.3. The zero-order chi connectivity index (χ0) is 15.4. The molecule has 6 nitrogen and oxygen atoms in total. The summed E-state index contributed by atoms with van der Waals surface area (Å²) in [5, 5.41) is 13.7. The number of aromatic nitrogens is 2. The Kier molecular flexibility index (Phi) is 4.59. The van der Waals surface area contributed by atoms with E-state index in [0.29, 0.717) is 24.3 Å². The first-order chi connectivity index (χ1) is 10.0. The summed E-state index contributed by atoms with van der Waals surface area (Å²) in [7, 11) is 1.67. The third kappa shape index (κ3) is 3.22. The van der Waals surface area contributed by atoms with E-state index >= 15 is 0 Å². The van der Waals surface area contributed by atoms with Crippen LogP contribution in [0.15, 0.2) is 30.5 Å². The number of rotatable bonds is 5. The van der Waals surface area contributed by atoms with Gasteiger partial charge in [-0.25, -0.2) is 0 Å². The van der Waals surface area contributed by atoms with Crippen molar-refractivity contribution in [3.8, 4) is 5.75 Å². The van der Waals surface area contributed by atoms with Crippen molar-refractivity contribution >= 4 is 11.6 Å². The third-order valence-corrected chi connectivity index (χ3v) is 3.43. The number of amides is 1. The Morgan fingerprint density at radius 1 is 1.48 bits per heavy atom. The van der Waals surface area contributed by atoms with Gasteiger partial charge in [0.2, 0.25) is 0 Å². The van der Waals surface area contributed by atoms with Crippen molar-refractivity contribution in [3.63, 3.8) is 0 Å². The average Bonchev–Trinajstić information content (AvgIpc) is 2.84. The van der Waals surface area contributed by atoms with E-state index in [4.69, 9.17) is 5.73 Å². The Morgan fingerprint density at radius 2 is 2.24 bits per heavy atom. The molecule has 0 atom stereocenters. The highest BCUT2D eigenvalue weighted by Crippen LogP contribution is 2.21. The second kappa shape index (κ2) is 6.41. The fourth-order valence-electron chi connectivity index (χ4n) is 2.12. The van der Waals surface area contributed by atoms with Crippen LogP contribution in [0.5, 0.6) is 5.75 Å². The van der Waals surface area contributed by atoms with Crippen LogP contribution >= 0.6 is 0 Å². The fourth-order valence-corrected chi connectivity index (χ4v) is 2.12. The van der Waals surface area contributed by atoms with E-state index in [9.17, 15) is 9.90 Å². The number of anilines is 1. The molecule has 3 N–H and O–H groups in total. The van der Waals surface area contributed by atoms with Gasteiger partial charge in [-0.05, 0) is 32.0 Å². The number of benzene rings is 1. The first-order valence-corrected chi connectivity index (χ1v) is 6.84. The zero-order valence-electron chi connectivity index (χ0n) is 12.3. The molecule has 0 spiro atoms. The number of carbonyl (C=O) groups is 1. The lowest BCUT2D eigenvalue weighted by atomic mass is 10.2. The van der Waals surface area contributed by atoms with Crippen LogP contribution in [-0.2, 0) is 6.54 Å². The highest BCUT2D eigenvalue weighted by Gasteiger charge is 2.19. The first kappa shape index (κ1) is 15.1. The molecule has 0 aliphatic carbocycles. The lowest BCUT2D eigenvalue weighted by molar-refractivity contribution is 0.0992. The lowest BCUT2D eigenvalue weighted by Gasteiger charge is -2.17. The molecular weight excluding hydrogens is 268 g/mol. The van der Waals surface area contributed by atoms with E-state index in [0.717, 1.165) is 12.1 Å². The van der Waals surface area contributed by atoms with Gasteiger partial charge in [-0.3, -0.25) is 9.48 Å². The van der Waals surface area contributed by atoms with Gasteiger partial charge >= 0.3 is 0 Å². The summed E-state index contributed by atoms with van der Waals surface area (Å²) in [4.78, 5) is 14.0. The van der Waals surface area contributed by atoms with Crippen molar-refractivity contribution < 1.29 is 9.90 Å². The average molecular weight is 288 g/mol. The summed E-state index contributed by atoms with van der Waals surface area (Å²) in [6.07, 6.45) is 2.39. The predicted octanol–water partition coefficient (Wildman–Crippen LogP) is 1.52. The van der Waals surface area contributed by atoms with Crippen molar-refractivity contribution in [2.45, 2.75) is 19.9 Å². The molecule has 1 aromatic heterocycles. The van der Waals surface area contributed by atoms with Gasteiger partial charge in [0.25, 0.3) is 5.91 Å². The van der Waals surface area contributed by atoms with Gasteiger partial charge in [0, 0.05) is 31.0 Å². The van der Waals surface area contributed by atoms with Crippen LogP contribution in [0.4, 0.5) is 5.69 Å². The normalized spacial score (nSPS) is 10.6. The number of aryl methyl sites for hydroxylation is 1. The van der Waals surface area contributed by atoms with Gasteiger partial charge in [-0.1, -0.05) is 6.07 Å². The van der Waals surface area contributed by atoms with Gasteiger partial charge in [-0.15, -0.1) is 0 Å². The summed E-state index contributed by atoms with van der Waals surface area (Å²) in [5.41, 5.74) is 7.50. The smallest absolute Gasteiger partial charge is 0.261 e. The molecule has 0 saturated carbocycles. The number of hydrogen-bond donors (Lipinski definition) is 2. The number of phenolic OH excluding ortho intramolecular Hbond substituents is 1. The number of hydrogen-bond acceptors (Lipinski definition) is 4. The third-order valence-electron chi connectivity index (χ3n) is 3.43. The summed E-state index contributed by atoms with van der Waals surface area (Å²) in [6.45, 7) is 3.16. The minimum absolute atomic E-state index is 0.127. The van der Waals surface area contributed by atoms with Crippen molar-refractivity contribution in [2.24, 2.45) is 5.73 Å². The number of carbonyl (C=O) groups excluding carboxylic acids is 1. The number of nitrogens with zero attached hydrogens (tertiary/aromatic N) is 3. The molecule has 1 amide bonds. The van der Waals surface area contributed by atoms with Gasteiger partial charge in [-0.2, -0.15) is 5.10 Å². The predicted molar refractivity (Wildman–Crippen MR) is 81.5 cm³/mol. The van der Waals surface area contributed by atoms with Crippen molar-refractivity contribution in [3.05, 3.63) is 41.7 Å². The Hall–Kier alpha value is -2.34. The van der Waals surface area contributed by atoms with Gasteiger partial charge in [0.15, 0.2) is 0 Å². The van der Waals surface area contributed by atoms with E-state index in [1.807, 2.05) is 6.92 Å². The van der Waals surface area contributed by atoms with Crippen LogP contribution in [0.3, 0.4) is 0 Å². The van der Waals surface area contributed by atoms with Crippen LogP contribution < -0.4 is 10.6 Å². The van der Waals surface area contributed by atoms with Gasteiger partial charge < -0.3 is 15.7 Å². The number of nitrogens with two attached hydrogens (primary N) is 1. The molecule has 1 heterocycles. The molecule has 0 fully saturated rings. The Bertz CT molecular complexity index is 636. The van der Waals surface area contributed by atoms with E-state index < -0.39 is 0 Å². The van der Waals surface area contributed by atoms with Crippen LogP contribution in [0.25, 0.3) is 0 Å². The van der Waals surface area contributed by atoms with Gasteiger partial charge in [0.1, 0.15) is 5.75 Å². The minimum atomic E-state index is -0.155. The summed E-state index contributed by atoms with van der Waals surface area (Å²) >= 11 is 0. The highest BCUT2D eigenvalue weighted by atomic mass is 16.3. The van der Waals surface area contributed by atoms with Crippen molar-refractivity contribution in [2.75, 3.05) is 18.5 Å². The maximum Gasteiger partial charge on any atom is 0.261 e. The molecule has 0 bridgehead atoms. The molecule has 0 aliphatic heterocycles. The number of phenols is 1. The number of aromatic hydroxyl groups is 1. The standard InChI is InChI=1S/C15H20N4O2/c1-11-14(10-17-19(11)8-4-7-16)15(21)18(2)12-5-3-6-13(20)9-12/h3,5-6,9-10,20H,4,7-8,16H2,1-2H3. The molecule has 0 unspecified atom stereocenters. The highest BCUT2D eigenvalue weighted by molar-refractivity contribution is 6.06. The molecule has 2 aromatic rings. The largest absolute Gasteiger partial charge is 0.508 e. The van der Waals surface area contributed by atoms with Crippen LogP contribution in [0, 0.1) is 6.92 Å². The molecule has 112 valence electrons. The second-order valence-electron chi connectivity index (χ2n) is 4.89. The van der Waals surface area contributed by atoms with Crippen LogP contribution in [0.2, 0.25) is 0 Å². The van der Waals surface area contributed by atoms with E-state index in [1.54, 1.807) is 42.2 Å². The Labute approximate surface area is 123 Å². The molecular formula is C15H20N4O2. The van der Waals surface area contributed by atoms with Gasteiger partial charge in [0.05, 0.1) is 11.8 Å². The molecule has 21 heavy (non-hydrogen) atoms. The fraction of sp³-hybridized carbons (Fsp3) is 0.333. The minimum Gasteiger partial charge on any atom is -0.508 e. The van der Waals surface area contributed by atoms with Crippen molar-refractivity contribution in [1.29, 1.82) is 0 Å². The molecule has 0 aliphatic rings. The topological polar surface area (TPSA) is 84.4 Å². The molecule has 1 aromatic carbocycles. The second-order valence-corrected chi connectivity index (χ2v) is 4.89. The van der Waals surface area contributed by atoms with E-state index in [-0.39, 0.29) is 11.7 Å². The quantitative estimate of drug-likeness (QED) is 0.873. The first-order valence-electron chi connectivity index (χ1n) is 6.84. The molecule has 0 radical (unpaired) electrons. The summed E-state index contributed by atoms with van der Waals surface area (Å²) < 4.78 is 1.79. The van der Waals surface area contributed by atoms with E-state index in [1.165, 1.54) is 4.90 Å². The molecule has 6 heteroatoms. The van der Waals surface area contributed by atoms with Crippen LogP contribution in [0.1, 0.15) is 22.5 Å². The van der Waals surface area contributed by atoms with Crippen molar-refractivity contribution in [1.82, 2.24) is 9.78 Å². The molecule has 2 rings (SSSR count). The van der Waals surface area contributed by atoms with Crippen LogP contribution in [-0.4, -0.2) is 34.4 Å². The Balaban J connectivity index is 2.22. The maximum absolute atomic E-state index is 12.5. The Morgan fingerprint density at radius 3 is 2.90 bits per heavy atom. The lowest BCUT2D eigenvalue weighted by Crippen LogP contribution is -2.26. The SMILES string of the molecule is Cc1c(C(=O)N(C)c2cccc(O)c2)cnn1CCCN. The van der Waals surface area contributed by atoms with E-state index in [2.05, 4.69) is 5.10 Å². The summed E-state index contributed by atoms with van der Waals surface area (Å²) in [6, 6.07) is 6.59. The summed E-state index contributed by atoms with van der Waals surface area (Å²) in [5.74, 6) is -0.0281. The molecule has 0 saturated heterocycles. The maximum atomic E-state index is 12.5. The monoisotopic (exact) mass is 288 g/mol.